The van der Waals surface area contributed by atoms with Gasteiger partial charge in [-0.2, -0.15) is 13.2 Å². The molecule has 10 heteroatoms. The van der Waals surface area contributed by atoms with Crippen LogP contribution >= 0.6 is 24.0 Å². The summed E-state index contributed by atoms with van der Waals surface area (Å²) in [6.45, 7) is 0.877. The minimum Gasteiger partial charge on any atom is -0.355 e. The van der Waals surface area contributed by atoms with Crippen molar-refractivity contribution in [2.45, 2.75) is 32.0 Å². The third-order valence-corrected chi connectivity index (χ3v) is 3.98. The normalized spacial score (nSPS) is 15.4. The van der Waals surface area contributed by atoms with Crippen LogP contribution in [0.1, 0.15) is 30.4 Å². The molecule has 0 aliphatic carbocycles. The molecule has 1 heterocycles. The molecule has 2 amide bonds. The number of benzene rings is 1. The van der Waals surface area contributed by atoms with Crippen molar-refractivity contribution >= 4 is 41.8 Å². The molecule has 0 atom stereocenters. The van der Waals surface area contributed by atoms with Crippen molar-refractivity contribution in [2.24, 2.45) is 4.99 Å². The summed E-state index contributed by atoms with van der Waals surface area (Å²) in [6.07, 6.45) is -3.00. The van der Waals surface area contributed by atoms with Crippen LogP contribution in [0, 0.1) is 0 Å². The Kier molecular flexibility index (Phi) is 9.00. The van der Waals surface area contributed by atoms with Gasteiger partial charge in [0.1, 0.15) is 0 Å². The topological polar surface area (TPSA) is 73.8 Å². The highest BCUT2D eigenvalue weighted by Crippen LogP contribution is 2.29. The van der Waals surface area contributed by atoms with Crippen LogP contribution in [0.3, 0.4) is 0 Å². The van der Waals surface area contributed by atoms with E-state index in [-0.39, 0.29) is 42.3 Å². The number of aliphatic imine (C=N–C) groups is 1. The lowest BCUT2D eigenvalue weighted by atomic mass is 10.1. The van der Waals surface area contributed by atoms with E-state index < -0.39 is 11.7 Å². The quantitative estimate of drug-likeness (QED) is 0.283. The average molecular weight is 498 g/mol. The molecule has 0 spiro atoms. The molecular weight excluding hydrogens is 476 g/mol. The number of amides is 2. The number of carbonyl (C=O) groups is 2. The summed E-state index contributed by atoms with van der Waals surface area (Å²) >= 11 is 0. The van der Waals surface area contributed by atoms with Gasteiger partial charge in [-0.05, 0) is 24.1 Å². The van der Waals surface area contributed by atoms with E-state index >= 15 is 0 Å². The monoisotopic (exact) mass is 498 g/mol. The summed E-state index contributed by atoms with van der Waals surface area (Å²) < 4.78 is 37.6. The maximum Gasteiger partial charge on any atom is 0.416 e. The average Bonchev–Trinajstić information content (AvgIpc) is 2.59. The predicted octanol–water partition coefficient (Wildman–Crippen LogP) is 2.53. The van der Waals surface area contributed by atoms with Crippen LogP contribution < -0.4 is 10.6 Å². The Morgan fingerprint density at radius 3 is 2.22 bits per heavy atom. The summed E-state index contributed by atoms with van der Waals surface area (Å²) in [5.74, 6) is 0.0910. The highest BCUT2D eigenvalue weighted by molar-refractivity contribution is 14.0. The first kappa shape index (κ1) is 23.2. The Labute approximate surface area is 172 Å². The number of guanidine groups is 1. The van der Waals surface area contributed by atoms with Crippen molar-refractivity contribution in [3.05, 3.63) is 35.4 Å². The number of hydrogen-bond acceptors (Lipinski definition) is 3. The molecule has 27 heavy (non-hydrogen) atoms. The van der Waals surface area contributed by atoms with Gasteiger partial charge < -0.3 is 10.6 Å². The number of likely N-dealkylation sites (tertiary alicyclic amines) is 1. The highest BCUT2D eigenvalue weighted by atomic mass is 127. The number of carbonyl (C=O) groups excluding carboxylic acids is 2. The Morgan fingerprint density at radius 1 is 1.11 bits per heavy atom. The first-order valence-corrected chi connectivity index (χ1v) is 8.25. The summed E-state index contributed by atoms with van der Waals surface area (Å²) in [7, 11) is 1.55. The fourth-order valence-corrected chi connectivity index (χ4v) is 2.55. The van der Waals surface area contributed by atoms with Crippen LogP contribution in [-0.4, -0.2) is 42.8 Å². The molecule has 1 aliphatic rings. The largest absolute Gasteiger partial charge is 0.416 e. The van der Waals surface area contributed by atoms with Gasteiger partial charge in [0.2, 0.25) is 11.8 Å². The molecule has 1 aliphatic heterocycles. The smallest absolute Gasteiger partial charge is 0.355 e. The lowest BCUT2D eigenvalue weighted by Crippen LogP contribution is -2.46. The minimum absolute atomic E-state index is 0. The SMILES string of the molecule is CN=C(NCCN1C(=O)CCCC1=O)NCc1ccc(C(F)(F)F)cc1.I. The van der Waals surface area contributed by atoms with Gasteiger partial charge in [0.25, 0.3) is 0 Å². The summed E-state index contributed by atoms with van der Waals surface area (Å²) in [4.78, 5) is 28.7. The molecule has 0 aromatic heterocycles. The third kappa shape index (κ3) is 7.00. The predicted molar refractivity (Wildman–Crippen MR) is 106 cm³/mol. The van der Waals surface area contributed by atoms with Gasteiger partial charge in [0.05, 0.1) is 5.56 Å². The van der Waals surface area contributed by atoms with Gasteiger partial charge in [0, 0.05) is 39.5 Å². The molecule has 0 bridgehead atoms. The molecule has 1 aromatic carbocycles. The maximum absolute atomic E-state index is 12.5. The van der Waals surface area contributed by atoms with E-state index in [1.165, 1.54) is 17.0 Å². The van der Waals surface area contributed by atoms with Crippen molar-refractivity contribution in [2.75, 3.05) is 20.1 Å². The number of nitrogens with one attached hydrogen (secondary N) is 2. The number of halogens is 4. The van der Waals surface area contributed by atoms with E-state index in [1.54, 1.807) is 7.05 Å². The zero-order valence-corrected chi connectivity index (χ0v) is 17.1. The standard InChI is InChI=1S/C17H21F3N4O2.HI/c1-21-16(22-9-10-24-14(25)3-2-4-15(24)26)23-11-12-5-7-13(8-6-12)17(18,19)20;/h5-8H,2-4,9-11H2,1H3,(H2,21,22,23);1H. The van der Waals surface area contributed by atoms with Crippen molar-refractivity contribution in [3.8, 4) is 0 Å². The van der Waals surface area contributed by atoms with Gasteiger partial charge in [0.15, 0.2) is 5.96 Å². The Hall–Kier alpha value is -1.85. The number of imide groups is 1. The molecule has 2 rings (SSSR count). The van der Waals surface area contributed by atoms with Crippen molar-refractivity contribution in [3.63, 3.8) is 0 Å². The van der Waals surface area contributed by atoms with Crippen molar-refractivity contribution in [1.29, 1.82) is 0 Å². The number of hydrogen-bond donors (Lipinski definition) is 2. The zero-order valence-electron chi connectivity index (χ0n) is 14.8. The Balaban J connectivity index is 0.00000364. The lowest BCUT2D eigenvalue weighted by molar-refractivity contribution is -0.147. The molecule has 0 saturated carbocycles. The van der Waals surface area contributed by atoms with Gasteiger partial charge in [-0.25, -0.2) is 0 Å². The van der Waals surface area contributed by atoms with Crippen molar-refractivity contribution < 1.29 is 22.8 Å². The Morgan fingerprint density at radius 2 is 1.70 bits per heavy atom. The van der Waals surface area contributed by atoms with Gasteiger partial charge in [-0.15, -0.1) is 24.0 Å². The molecule has 2 N–H and O–H groups in total. The number of nitrogens with zero attached hydrogens (tertiary/aromatic N) is 2. The second kappa shape index (κ2) is 10.5. The Bertz CT molecular complexity index is 662. The summed E-state index contributed by atoms with van der Waals surface area (Å²) in [5.41, 5.74) is -0.0260. The van der Waals surface area contributed by atoms with E-state index in [0.29, 0.717) is 43.9 Å². The first-order chi connectivity index (χ1) is 12.3. The zero-order chi connectivity index (χ0) is 19.2. The second-order valence-electron chi connectivity index (χ2n) is 5.84. The van der Waals surface area contributed by atoms with E-state index in [1.807, 2.05) is 0 Å². The van der Waals surface area contributed by atoms with Crippen LogP contribution in [0.15, 0.2) is 29.3 Å². The fraction of sp³-hybridized carbons (Fsp3) is 0.471. The molecule has 6 nitrogen and oxygen atoms in total. The molecule has 1 saturated heterocycles. The van der Waals surface area contributed by atoms with E-state index in [4.69, 9.17) is 0 Å². The molecule has 0 unspecified atom stereocenters. The van der Waals surface area contributed by atoms with E-state index in [9.17, 15) is 22.8 Å². The molecule has 150 valence electrons. The van der Waals surface area contributed by atoms with Crippen LogP contribution in [0.25, 0.3) is 0 Å². The van der Waals surface area contributed by atoms with E-state index in [0.717, 1.165) is 12.1 Å². The lowest BCUT2D eigenvalue weighted by Gasteiger charge is -2.25. The van der Waals surface area contributed by atoms with Crippen LogP contribution in [0.2, 0.25) is 0 Å². The summed E-state index contributed by atoms with van der Waals surface area (Å²) in [5, 5.41) is 5.95. The van der Waals surface area contributed by atoms with Gasteiger partial charge in [-0.3, -0.25) is 19.5 Å². The number of alkyl halides is 3. The molecular formula is C17H22F3IN4O2. The molecule has 0 radical (unpaired) electrons. The maximum atomic E-state index is 12.5. The van der Waals surface area contributed by atoms with Gasteiger partial charge >= 0.3 is 6.18 Å². The van der Waals surface area contributed by atoms with Crippen LogP contribution in [0.5, 0.6) is 0 Å². The second-order valence-corrected chi connectivity index (χ2v) is 5.84. The van der Waals surface area contributed by atoms with Crippen molar-refractivity contribution in [1.82, 2.24) is 15.5 Å². The fourth-order valence-electron chi connectivity index (χ4n) is 2.55. The highest BCUT2D eigenvalue weighted by Gasteiger charge is 2.30. The van der Waals surface area contributed by atoms with Crippen LogP contribution in [-0.2, 0) is 22.3 Å². The molecule has 1 fully saturated rings. The van der Waals surface area contributed by atoms with E-state index in [2.05, 4.69) is 15.6 Å². The number of rotatable bonds is 5. The third-order valence-electron chi connectivity index (χ3n) is 3.98. The van der Waals surface area contributed by atoms with Gasteiger partial charge in [-0.1, -0.05) is 12.1 Å². The minimum atomic E-state index is -4.35. The molecule has 1 aromatic rings. The van der Waals surface area contributed by atoms with Crippen LogP contribution in [0.4, 0.5) is 13.2 Å². The summed E-state index contributed by atoms with van der Waals surface area (Å²) in [6, 6.07) is 4.85. The first-order valence-electron chi connectivity index (χ1n) is 8.25. The number of piperidine rings is 1.